The first-order valence-electron chi connectivity index (χ1n) is 7.40. The number of carboxylic acids is 1. The molecule has 7 heteroatoms. The van der Waals surface area contributed by atoms with Crippen LogP contribution in [0.2, 0.25) is 0 Å². The molecule has 3 heterocycles. The van der Waals surface area contributed by atoms with Gasteiger partial charge in [0, 0.05) is 49.4 Å². The van der Waals surface area contributed by atoms with Crippen molar-refractivity contribution in [1.29, 1.82) is 0 Å². The van der Waals surface area contributed by atoms with Crippen LogP contribution in [0, 0.1) is 0 Å². The van der Waals surface area contributed by atoms with E-state index in [2.05, 4.69) is 34.4 Å². The molecule has 1 aromatic heterocycles. The lowest BCUT2D eigenvalue weighted by atomic mass is 10.1. The number of hydrogen-bond acceptors (Lipinski definition) is 5. The van der Waals surface area contributed by atoms with Gasteiger partial charge in [0.2, 0.25) is 0 Å². The molecule has 1 amide bonds. The Bertz CT molecular complexity index is 617. The van der Waals surface area contributed by atoms with Crippen LogP contribution in [0.25, 0.3) is 5.70 Å². The molecule has 0 spiro atoms. The number of piperazine rings is 1. The van der Waals surface area contributed by atoms with Crippen molar-refractivity contribution in [2.75, 3.05) is 32.7 Å². The average molecular weight is 321 g/mol. The summed E-state index contributed by atoms with van der Waals surface area (Å²) in [6, 6.07) is 2.15. The number of carboxylic acid groups (broad SMARTS) is 1. The molecule has 0 aromatic carbocycles. The van der Waals surface area contributed by atoms with E-state index in [4.69, 9.17) is 5.11 Å². The highest BCUT2D eigenvalue weighted by Gasteiger charge is 2.29. The molecular weight excluding hydrogens is 302 g/mol. The van der Waals surface area contributed by atoms with Crippen molar-refractivity contribution in [1.82, 2.24) is 14.7 Å². The van der Waals surface area contributed by atoms with Crippen LogP contribution in [0.1, 0.15) is 17.4 Å². The number of hydrogen-bond donors (Lipinski definition) is 1. The zero-order valence-corrected chi connectivity index (χ0v) is 13.3. The smallest absolute Gasteiger partial charge is 0.394 e. The molecule has 0 radical (unpaired) electrons. The molecule has 118 valence electrons. The molecule has 2 aliphatic heterocycles. The molecule has 22 heavy (non-hydrogen) atoms. The second-order valence-electron chi connectivity index (χ2n) is 5.42. The van der Waals surface area contributed by atoms with Crippen LogP contribution >= 0.6 is 11.3 Å². The van der Waals surface area contributed by atoms with Gasteiger partial charge in [0.15, 0.2) is 0 Å². The van der Waals surface area contributed by atoms with Gasteiger partial charge in [-0.2, -0.15) is 0 Å². The maximum Gasteiger partial charge on any atom is 0.394 e. The molecule has 0 aliphatic carbocycles. The van der Waals surface area contributed by atoms with Gasteiger partial charge in [-0.3, -0.25) is 4.79 Å². The number of nitrogens with zero attached hydrogens (tertiary/aromatic N) is 3. The quantitative estimate of drug-likeness (QED) is 0.827. The van der Waals surface area contributed by atoms with E-state index in [1.54, 1.807) is 11.3 Å². The summed E-state index contributed by atoms with van der Waals surface area (Å²) in [6.07, 6.45) is 2.18. The van der Waals surface area contributed by atoms with Gasteiger partial charge in [-0.15, -0.1) is 11.3 Å². The molecule has 6 nitrogen and oxygen atoms in total. The first-order chi connectivity index (χ1) is 10.6. The Balaban J connectivity index is 1.74. The molecule has 1 N–H and O–H groups in total. The highest BCUT2D eigenvalue weighted by Crippen LogP contribution is 2.33. The Kier molecular flexibility index (Phi) is 4.06. The summed E-state index contributed by atoms with van der Waals surface area (Å²) in [5.41, 5.74) is 2.46. The fourth-order valence-electron chi connectivity index (χ4n) is 2.90. The Hall–Kier alpha value is -2.02. The van der Waals surface area contributed by atoms with Crippen molar-refractivity contribution < 1.29 is 14.7 Å². The molecule has 0 bridgehead atoms. The number of carbonyl (C=O) groups is 2. The SMILES string of the molecule is CCN1C=C(N2CCN(C(=O)C(=O)O)CC2)c2ccsc2C1. The highest BCUT2D eigenvalue weighted by atomic mass is 32.1. The molecule has 0 saturated carbocycles. The largest absolute Gasteiger partial charge is 0.474 e. The zero-order chi connectivity index (χ0) is 15.7. The fraction of sp³-hybridized carbons (Fsp3) is 0.467. The van der Waals surface area contributed by atoms with E-state index in [0.717, 1.165) is 13.1 Å². The Morgan fingerprint density at radius 1 is 1.27 bits per heavy atom. The van der Waals surface area contributed by atoms with Gasteiger partial charge >= 0.3 is 11.9 Å². The third-order valence-electron chi connectivity index (χ3n) is 4.17. The van der Waals surface area contributed by atoms with Crippen LogP contribution in [-0.2, 0) is 16.1 Å². The predicted molar refractivity (Wildman–Crippen MR) is 84.2 cm³/mol. The van der Waals surface area contributed by atoms with Crippen molar-refractivity contribution in [3.63, 3.8) is 0 Å². The molecule has 0 atom stereocenters. The van der Waals surface area contributed by atoms with Crippen LogP contribution in [0.3, 0.4) is 0 Å². The number of fused-ring (bicyclic) bond motifs is 1. The van der Waals surface area contributed by atoms with Crippen LogP contribution in [0.15, 0.2) is 17.6 Å². The van der Waals surface area contributed by atoms with Crippen molar-refractivity contribution in [3.05, 3.63) is 28.1 Å². The minimum atomic E-state index is -1.37. The van der Waals surface area contributed by atoms with E-state index < -0.39 is 11.9 Å². The molecule has 1 fully saturated rings. The van der Waals surface area contributed by atoms with Crippen molar-refractivity contribution in [3.8, 4) is 0 Å². The maximum atomic E-state index is 11.5. The van der Waals surface area contributed by atoms with Crippen molar-refractivity contribution in [2.24, 2.45) is 0 Å². The molecular formula is C15H19N3O3S. The maximum absolute atomic E-state index is 11.5. The minimum Gasteiger partial charge on any atom is -0.474 e. The van der Waals surface area contributed by atoms with Gasteiger partial charge in [-0.1, -0.05) is 0 Å². The Morgan fingerprint density at radius 3 is 2.64 bits per heavy atom. The number of thiophene rings is 1. The third kappa shape index (κ3) is 2.68. The lowest BCUT2D eigenvalue weighted by molar-refractivity contribution is -0.156. The van der Waals surface area contributed by atoms with Crippen LogP contribution in [-0.4, -0.2) is 64.4 Å². The first-order valence-corrected chi connectivity index (χ1v) is 8.28. The van der Waals surface area contributed by atoms with Crippen LogP contribution in [0.5, 0.6) is 0 Å². The van der Waals surface area contributed by atoms with Gasteiger partial charge in [0.05, 0.1) is 12.2 Å². The third-order valence-corrected chi connectivity index (χ3v) is 5.08. The van der Waals surface area contributed by atoms with E-state index in [0.29, 0.717) is 26.2 Å². The van der Waals surface area contributed by atoms with E-state index in [9.17, 15) is 9.59 Å². The Morgan fingerprint density at radius 2 is 2.00 bits per heavy atom. The lowest BCUT2D eigenvalue weighted by Gasteiger charge is -2.39. The summed E-state index contributed by atoms with van der Waals surface area (Å²) in [6.45, 7) is 6.27. The molecule has 3 rings (SSSR count). The molecule has 1 aromatic rings. The fourth-order valence-corrected chi connectivity index (χ4v) is 3.81. The highest BCUT2D eigenvalue weighted by molar-refractivity contribution is 7.10. The van der Waals surface area contributed by atoms with Crippen LogP contribution in [0.4, 0.5) is 0 Å². The zero-order valence-electron chi connectivity index (χ0n) is 12.5. The van der Waals surface area contributed by atoms with E-state index in [1.807, 2.05) is 0 Å². The topological polar surface area (TPSA) is 64.1 Å². The summed E-state index contributed by atoms with van der Waals surface area (Å²) in [4.78, 5) is 29.6. The van der Waals surface area contributed by atoms with Crippen molar-refractivity contribution >= 4 is 28.9 Å². The monoisotopic (exact) mass is 321 g/mol. The van der Waals surface area contributed by atoms with Gasteiger partial charge in [-0.25, -0.2) is 4.79 Å². The Labute approximate surface area is 133 Å². The first kappa shape index (κ1) is 14.9. The van der Waals surface area contributed by atoms with E-state index in [1.165, 1.54) is 21.0 Å². The standard InChI is InChI=1S/C15H19N3O3S/c1-2-16-9-12(11-3-8-22-13(11)10-16)17-4-6-18(7-5-17)14(19)15(20)21/h3,8-9H,2,4-7,10H2,1H3,(H,20,21). The average Bonchev–Trinajstić information content (AvgIpc) is 3.01. The molecule has 0 unspecified atom stereocenters. The summed E-state index contributed by atoms with van der Waals surface area (Å²) in [7, 11) is 0. The van der Waals surface area contributed by atoms with E-state index in [-0.39, 0.29) is 0 Å². The number of amides is 1. The normalized spacial score (nSPS) is 18.0. The summed E-state index contributed by atoms with van der Waals surface area (Å²) in [5, 5.41) is 10.9. The second-order valence-corrected chi connectivity index (χ2v) is 6.42. The summed E-state index contributed by atoms with van der Waals surface area (Å²) in [5.74, 6) is -2.17. The van der Waals surface area contributed by atoms with Gasteiger partial charge in [0.1, 0.15) is 0 Å². The minimum absolute atomic E-state index is 0.452. The predicted octanol–water partition coefficient (Wildman–Crippen LogP) is 1.11. The van der Waals surface area contributed by atoms with Gasteiger partial charge in [0.25, 0.3) is 0 Å². The van der Waals surface area contributed by atoms with Gasteiger partial charge in [-0.05, 0) is 18.4 Å². The summed E-state index contributed by atoms with van der Waals surface area (Å²) < 4.78 is 0. The number of rotatable bonds is 2. The summed E-state index contributed by atoms with van der Waals surface area (Å²) >= 11 is 1.77. The second kappa shape index (κ2) is 6.00. The van der Waals surface area contributed by atoms with Crippen LogP contribution < -0.4 is 0 Å². The van der Waals surface area contributed by atoms with E-state index >= 15 is 0 Å². The lowest BCUT2D eigenvalue weighted by Crippen LogP contribution is -2.50. The number of aliphatic carboxylic acids is 1. The number of carbonyl (C=O) groups excluding carboxylic acids is 1. The van der Waals surface area contributed by atoms with Gasteiger partial charge < -0.3 is 19.8 Å². The molecule has 2 aliphatic rings. The van der Waals surface area contributed by atoms with Crippen molar-refractivity contribution in [2.45, 2.75) is 13.5 Å². The molecule has 1 saturated heterocycles.